The molecule has 1 fully saturated rings. The average molecular weight is 334 g/mol. The number of carbonyl (C=O) groups is 3. The summed E-state index contributed by atoms with van der Waals surface area (Å²) in [4.78, 5) is 37.6. The minimum Gasteiger partial charge on any atom is -0.464 e. The summed E-state index contributed by atoms with van der Waals surface area (Å²) in [6.07, 6.45) is 1.36. The van der Waals surface area contributed by atoms with E-state index in [4.69, 9.17) is 9.47 Å². The van der Waals surface area contributed by atoms with Crippen LogP contribution in [0.15, 0.2) is 24.3 Å². The maximum atomic E-state index is 12.0. The van der Waals surface area contributed by atoms with Gasteiger partial charge in [-0.05, 0) is 38.5 Å². The minimum absolute atomic E-state index is 0.0690. The Labute approximate surface area is 140 Å². The van der Waals surface area contributed by atoms with Crippen molar-refractivity contribution in [3.05, 3.63) is 24.3 Å². The van der Waals surface area contributed by atoms with E-state index < -0.39 is 18.0 Å². The number of carbonyl (C=O) groups excluding carboxylic acids is 3. The van der Waals surface area contributed by atoms with E-state index in [0.29, 0.717) is 18.7 Å². The summed E-state index contributed by atoms with van der Waals surface area (Å²) in [6, 6.07) is 5.79. The highest BCUT2D eigenvalue weighted by molar-refractivity contribution is 6.02. The maximum Gasteiger partial charge on any atom is 0.340 e. The molecule has 1 aromatic rings. The van der Waals surface area contributed by atoms with Gasteiger partial charge in [0.05, 0.1) is 13.2 Å². The Balaban J connectivity index is 2.17. The van der Waals surface area contributed by atoms with Crippen LogP contribution in [-0.4, -0.2) is 43.6 Å². The monoisotopic (exact) mass is 334 g/mol. The largest absolute Gasteiger partial charge is 0.464 e. The summed E-state index contributed by atoms with van der Waals surface area (Å²) in [7, 11) is 0. The fourth-order valence-electron chi connectivity index (χ4n) is 2.52. The molecule has 1 aliphatic rings. The lowest BCUT2D eigenvalue weighted by Gasteiger charge is -2.20. The first-order valence-electron chi connectivity index (χ1n) is 8.07. The van der Waals surface area contributed by atoms with Crippen molar-refractivity contribution in [3.8, 4) is 0 Å². The van der Waals surface area contributed by atoms with Gasteiger partial charge in [0.2, 0.25) is 11.9 Å². The molecule has 2 rings (SSSR count). The predicted molar refractivity (Wildman–Crippen MR) is 88.7 cm³/mol. The minimum atomic E-state index is -1.24. The second-order valence-corrected chi connectivity index (χ2v) is 5.28. The second-order valence-electron chi connectivity index (χ2n) is 5.28. The third kappa shape index (κ3) is 4.24. The van der Waals surface area contributed by atoms with Crippen molar-refractivity contribution in [2.45, 2.75) is 32.7 Å². The van der Waals surface area contributed by atoms with Gasteiger partial charge in [-0.15, -0.1) is 0 Å². The Morgan fingerprint density at radius 3 is 2.42 bits per heavy atom. The first-order chi connectivity index (χ1) is 11.6. The van der Waals surface area contributed by atoms with Crippen LogP contribution >= 0.6 is 0 Å². The average Bonchev–Trinajstić information content (AvgIpc) is 2.99. The number of hydrogen-bond donors (Lipinski definition) is 1. The van der Waals surface area contributed by atoms with Gasteiger partial charge < -0.3 is 19.7 Å². The molecule has 1 aromatic carbocycles. The number of nitrogens with one attached hydrogen (secondary N) is 1. The van der Waals surface area contributed by atoms with Gasteiger partial charge >= 0.3 is 11.9 Å². The zero-order valence-electron chi connectivity index (χ0n) is 13.9. The fourth-order valence-corrected chi connectivity index (χ4v) is 2.52. The SMILES string of the molecule is CCOC(=O)C(Nc1cccc(N2CCCC2=O)c1)C(=O)OCC. The van der Waals surface area contributed by atoms with Gasteiger partial charge in [0.1, 0.15) is 0 Å². The Bertz CT molecular complexity index is 599. The van der Waals surface area contributed by atoms with Crippen molar-refractivity contribution in [2.24, 2.45) is 0 Å². The molecule has 0 aliphatic carbocycles. The Kier molecular flexibility index (Phi) is 6.17. The quantitative estimate of drug-likeness (QED) is 0.604. The number of amides is 1. The van der Waals surface area contributed by atoms with Crippen LogP contribution in [0.4, 0.5) is 11.4 Å². The summed E-state index contributed by atoms with van der Waals surface area (Å²) in [6.45, 7) is 4.33. The van der Waals surface area contributed by atoms with Crippen molar-refractivity contribution in [1.82, 2.24) is 0 Å². The van der Waals surface area contributed by atoms with Crippen molar-refractivity contribution in [2.75, 3.05) is 30.0 Å². The smallest absolute Gasteiger partial charge is 0.340 e. The predicted octanol–water partition coefficient (Wildman–Crippen LogP) is 1.72. The van der Waals surface area contributed by atoms with E-state index in [1.807, 2.05) is 6.07 Å². The van der Waals surface area contributed by atoms with Gasteiger partial charge in [-0.3, -0.25) is 4.79 Å². The third-order valence-electron chi connectivity index (χ3n) is 3.59. The van der Waals surface area contributed by atoms with Crippen molar-refractivity contribution < 1.29 is 23.9 Å². The highest BCUT2D eigenvalue weighted by atomic mass is 16.6. The van der Waals surface area contributed by atoms with Crippen molar-refractivity contribution >= 4 is 29.2 Å². The number of rotatable bonds is 7. The molecular formula is C17H22N2O5. The molecule has 1 saturated heterocycles. The van der Waals surface area contributed by atoms with Gasteiger partial charge in [0.25, 0.3) is 0 Å². The van der Waals surface area contributed by atoms with Gasteiger partial charge in [-0.25, -0.2) is 9.59 Å². The van der Waals surface area contributed by atoms with Gasteiger partial charge in [-0.1, -0.05) is 6.07 Å². The van der Waals surface area contributed by atoms with Crippen LogP contribution in [0.1, 0.15) is 26.7 Å². The van der Waals surface area contributed by atoms with Crippen LogP contribution in [0.5, 0.6) is 0 Å². The molecule has 0 saturated carbocycles. The van der Waals surface area contributed by atoms with Gasteiger partial charge in [0.15, 0.2) is 0 Å². The molecule has 0 unspecified atom stereocenters. The number of hydrogen-bond acceptors (Lipinski definition) is 6. The lowest BCUT2D eigenvalue weighted by atomic mass is 10.2. The number of anilines is 2. The molecule has 0 radical (unpaired) electrons. The van der Waals surface area contributed by atoms with Crippen LogP contribution in [0, 0.1) is 0 Å². The standard InChI is InChI=1S/C17H22N2O5/c1-3-23-16(21)15(17(22)24-4-2)18-12-7-5-8-13(11-12)19-10-6-9-14(19)20/h5,7-8,11,15,18H,3-4,6,9-10H2,1-2H3. The zero-order valence-corrected chi connectivity index (χ0v) is 13.9. The second kappa shape index (κ2) is 8.33. The van der Waals surface area contributed by atoms with E-state index in [1.165, 1.54) is 0 Å². The Morgan fingerprint density at radius 1 is 1.21 bits per heavy atom. The highest BCUT2D eigenvalue weighted by Crippen LogP contribution is 2.24. The van der Waals surface area contributed by atoms with Crippen molar-refractivity contribution in [3.63, 3.8) is 0 Å². The van der Waals surface area contributed by atoms with Crippen LogP contribution in [0.2, 0.25) is 0 Å². The van der Waals surface area contributed by atoms with E-state index in [-0.39, 0.29) is 19.1 Å². The summed E-state index contributed by atoms with van der Waals surface area (Å²) in [5.74, 6) is -1.32. The van der Waals surface area contributed by atoms with Gasteiger partial charge in [0, 0.05) is 24.3 Å². The molecule has 1 amide bonds. The molecule has 0 bridgehead atoms. The number of nitrogens with zero attached hydrogens (tertiary/aromatic N) is 1. The van der Waals surface area contributed by atoms with Crippen LogP contribution in [0.25, 0.3) is 0 Å². The molecule has 0 spiro atoms. The molecular weight excluding hydrogens is 312 g/mol. The van der Waals surface area contributed by atoms with Crippen molar-refractivity contribution in [1.29, 1.82) is 0 Å². The summed E-state index contributed by atoms with van der Waals surface area (Å²) in [5.41, 5.74) is 1.27. The lowest BCUT2D eigenvalue weighted by Crippen LogP contribution is -2.40. The number of ether oxygens (including phenoxy) is 2. The normalized spacial score (nSPS) is 14.0. The molecule has 7 heteroatoms. The third-order valence-corrected chi connectivity index (χ3v) is 3.59. The molecule has 1 heterocycles. The van der Waals surface area contributed by atoms with Crippen LogP contribution < -0.4 is 10.2 Å². The summed E-state index contributed by atoms with van der Waals surface area (Å²) < 4.78 is 9.85. The van der Waals surface area contributed by atoms with Gasteiger partial charge in [-0.2, -0.15) is 0 Å². The maximum absolute atomic E-state index is 12.0. The van der Waals surface area contributed by atoms with E-state index in [0.717, 1.165) is 12.1 Å². The van der Waals surface area contributed by atoms with E-state index in [9.17, 15) is 14.4 Å². The molecule has 0 atom stereocenters. The topological polar surface area (TPSA) is 84.9 Å². The Morgan fingerprint density at radius 2 is 1.88 bits per heavy atom. The zero-order chi connectivity index (χ0) is 17.5. The molecule has 1 aliphatic heterocycles. The van der Waals surface area contributed by atoms with E-state index in [1.54, 1.807) is 36.9 Å². The number of esters is 2. The summed E-state index contributed by atoms with van der Waals surface area (Å²) >= 11 is 0. The molecule has 7 nitrogen and oxygen atoms in total. The molecule has 1 N–H and O–H groups in total. The van der Waals surface area contributed by atoms with E-state index in [2.05, 4.69) is 5.32 Å². The van der Waals surface area contributed by atoms with E-state index >= 15 is 0 Å². The van der Waals surface area contributed by atoms with Crippen LogP contribution in [-0.2, 0) is 23.9 Å². The molecule has 24 heavy (non-hydrogen) atoms. The number of benzene rings is 1. The Hall–Kier alpha value is -2.57. The first kappa shape index (κ1) is 17.8. The lowest BCUT2D eigenvalue weighted by molar-refractivity contribution is -0.155. The molecule has 0 aromatic heterocycles. The first-order valence-corrected chi connectivity index (χ1v) is 8.07. The molecule has 130 valence electrons. The fraction of sp³-hybridized carbons (Fsp3) is 0.471. The van der Waals surface area contributed by atoms with Crippen LogP contribution in [0.3, 0.4) is 0 Å². The summed E-state index contributed by atoms with van der Waals surface area (Å²) in [5, 5.41) is 2.84. The highest BCUT2D eigenvalue weighted by Gasteiger charge is 2.30.